The van der Waals surface area contributed by atoms with Gasteiger partial charge in [-0.05, 0) is 60.5 Å². The van der Waals surface area contributed by atoms with E-state index in [1.807, 2.05) is 38.1 Å². The van der Waals surface area contributed by atoms with E-state index < -0.39 is 6.10 Å². The summed E-state index contributed by atoms with van der Waals surface area (Å²) >= 11 is 7.60. The number of halogens is 1. The van der Waals surface area contributed by atoms with Crippen LogP contribution >= 0.6 is 23.4 Å². The number of hydrogen-bond donors (Lipinski definition) is 1. The van der Waals surface area contributed by atoms with Crippen molar-refractivity contribution in [1.82, 2.24) is 0 Å². The first kappa shape index (κ1) is 23.1. The second-order valence-corrected chi connectivity index (χ2v) is 8.32. The third kappa shape index (κ3) is 5.55. The highest BCUT2D eigenvalue weighted by Gasteiger charge is 2.35. The molecule has 6 nitrogen and oxygen atoms in total. The highest BCUT2D eigenvalue weighted by Crippen LogP contribution is 2.38. The second kappa shape index (κ2) is 10.6. The molecule has 1 N–H and O–H groups in total. The summed E-state index contributed by atoms with van der Waals surface area (Å²) in [5.74, 6) is 0.210. The molecule has 2 aromatic carbocycles. The smallest absolute Gasteiger partial charge is 0.271 e. The minimum absolute atomic E-state index is 0.139. The van der Waals surface area contributed by atoms with Crippen LogP contribution in [0.2, 0.25) is 5.02 Å². The van der Waals surface area contributed by atoms with Crippen LogP contribution in [0.1, 0.15) is 24.5 Å². The molecule has 1 aliphatic heterocycles. The van der Waals surface area contributed by atoms with Crippen LogP contribution in [0.15, 0.2) is 52.4 Å². The molecule has 0 unspecified atom stereocenters. The lowest BCUT2D eigenvalue weighted by Crippen LogP contribution is -2.29. The summed E-state index contributed by atoms with van der Waals surface area (Å²) in [6.07, 6.45) is 1.84. The first-order valence-electron chi connectivity index (χ1n) is 9.84. The van der Waals surface area contributed by atoms with Crippen molar-refractivity contribution >= 4 is 52.5 Å². The summed E-state index contributed by atoms with van der Waals surface area (Å²) in [5, 5.41) is 10.3. The Morgan fingerprint density at radius 2 is 2.06 bits per heavy atom. The van der Waals surface area contributed by atoms with E-state index in [1.54, 1.807) is 29.2 Å². The molecule has 0 bridgehead atoms. The molecular weight excluding hydrogens is 436 g/mol. The Labute approximate surface area is 190 Å². The predicted octanol–water partition coefficient (Wildman–Crippen LogP) is 4.47. The van der Waals surface area contributed by atoms with E-state index in [1.165, 1.54) is 11.8 Å². The van der Waals surface area contributed by atoms with Crippen molar-refractivity contribution in [2.24, 2.45) is 4.99 Å². The van der Waals surface area contributed by atoms with Gasteiger partial charge in [-0.3, -0.25) is 14.7 Å². The van der Waals surface area contributed by atoms with Crippen molar-refractivity contribution in [3.63, 3.8) is 0 Å². The molecule has 0 radical (unpaired) electrons. The van der Waals surface area contributed by atoms with Gasteiger partial charge in [0.2, 0.25) is 0 Å². The number of hydrogen-bond acceptors (Lipinski definition) is 6. The van der Waals surface area contributed by atoms with Crippen molar-refractivity contribution in [2.75, 3.05) is 18.1 Å². The fraction of sp³-hybridized carbons (Fsp3) is 0.261. The number of nitrogens with zero attached hydrogens (tertiary/aromatic N) is 2. The molecule has 1 aliphatic rings. The summed E-state index contributed by atoms with van der Waals surface area (Å²) in [6, 6.07) is 12.8. The van der Waals surface area contributed by atoms with Gasteiger partial charge < -0.3 is 14.6 Å². The molecule has 31 heavy (non-hydrogen) atoms. The van der Waals surface area contributed by atoms with Crippen LogP contribution in [0.4, 0.5) is 5.69 Å². The molecule has 1 heterocycles. The SMILES string of the molecule is CCC/N=C1/S/C(=C\c2ccc(OC[C@H](O)C=O)c(Cl)c2)C(=O)N1c1ccccc1C. The van der Waals surface area contributed by atoms with Crippen LogP contribution < -0.4 is 9.64 Å². The predicted molar refractivity (Wildman–Crippen MR) is 126 cm³/mol. The number of carbonyl (C=O) groups excluding carboxylic acids is 2. The number of ether oxygens (including phenoxy) is 1. The van der Waals surface area contributed by atoms with Crippen molar-refractivity contribution in [3.8, 4) is 5.75 Å². The largest absolute Gasteiger partial charge is 0.489 e. The Hall–Kier alpha value is -2.61. The zero-order chi connectivity index (χ0) is 22.4. The van der Waals surface area contributed by atoms with Crippen LogP contribution in [0.5, 0.6) is 5.75 Å². The van der Waals surface area contributed by atoms with E-state index >= 15 is 0 Å². The minimum Gasteiger partial charge on any atom is -0.489 e. The number of amides is 1. The van der Waals surface area contributed by atoms with Gasteiger partial charge in [-0.1, -0.05) is 42.8 Å². The van der Waals surface area contributed by atoms with Gasteiger partial charge in [0.15, 0.2) is 11.5 Å². The van der Waals surface area contributed by atoms with Gasteiger partial charge in [0.05, 0.1) is 15.6 Å². The van der Waals surface area contributed by atoms with E-state index in [0.717, 1.165) is 23.2 Å². The molecule has 0 aliphatic carbocycles. The average Bonchev–Trinajstić information content (AvgIpc) is 3.06. The number of benzene rings is 2. The molecule has 0 aromatic heterocycles. The number of thioether (sulfide) groups is 1. The van der Waals surface area contributed by atoms with Gasteiger partial charge in [-0.25, -0.2) is 0 Å². The summed E-state index contributed by atoms with van der Waals surface area (Å²) in [4.78, 5) is 30.6. The number of aliphatic hydroxyl groups is 1. The number of aldehydes is 1. The molecule has 0 spiro atoms. The summed E-state index contributed by atoms with van der Waals surface area (Å²) in [7, 11) is 0. The standard InChI is InChI=1S/C23H23ClN2O4S/c1-3-10-25-23-26(19-7-5-4-6-15(19)2)22(29)21(31-23)12-16-8-9-20(18(24)11-16)30-14-17(28)13-27/h4-9,11-13,17,28H,3,10,14H2,1-2H3/b21-12-,25-23+/t17-/m1/s1. The van der Waals surface area contributed by atoms with Crippen LogP contribution in [0.25, 0.3) is 6.08 Å². The maximum absolute atomic E-state index is 13.2. The lowest BCUT2D eigenvalue weighted by atomic mass is 10.1. The fourth-order valence-corrected chi connectivity index (χ4v) is 4.15. The zero-order valence-corrected chi connectivity index (χ0v) is 18.8. The number of anilines is 1. The maximum Gasteiger partial charge on any atom is 0.271 e. The van der Waals surface area contributed by atoms with E-state index in [9.17, 15) is 14.7 Å². The number of carbonyl (C=O) groups is 2. The van der Waals surface area contributed by atoms with E-state index in [2.05, 4.69) is 4.99 Å². The van der Waals surface area contributed by atoms with Crippen LogP contribution in [-0.4, -0.2) is 41.7 Å². The van der Waals surface area contributed by atoms with Crippen LogP contribution in [-0.2, 0) is 9.59 Å². The molecule has 1 amide bonds. The summed E-state index contributed by atoms with van der Waals surface area (Å²) in [6.45, 7) is 4.46. The lowest BCUT2D eigenvalue weighted by molar-refractivity contribution is -0.116. The third-order valence-corrected chi connectivity index (χ3v) is 5.76. The van der Waals surface area contributed by atoms with Gasteiger partial charge in [-0.2, -0.15) is 0 Å². The number of amidine groups is 1. The lowest BCUT2D eigenvalue weighted by Gasteiger charge is -2.18. The van der Waals surface area contributed by atoms with Crippen molar-refractivity contribution in [2.45, 2.75) is 26.4 Å². The molecule has 8 heteroatoms. The number of rotatable bonds is 8. The Balaban J connectivity index is 1.88. The fourth-order valence-electron chi connectivity index (χ4n) is 2.90. The Morgan fingerprint density at radius 3 is 2.74 bits per heavy atom. The van der Waals surface area contributed by atoms with Gasteiger partial charge in [-0.15, -0.1) is 0 Å². The topological polar surface area (TPSA) is 79.2 Å². The molecule has 1 atom stereocenters. The Morgan fingerprint density at radius 1 is 1.29 bits per heavy atom. The van der Waals surface area contributed by atoms with Gasteiger partial charge in [0.25, 0.3) is 5.91 Å². The van der Waals surface area contributed by atoms with Crippen molar-refractivity contribution < 1.29 is 19.4 Å². The highest BCUT2D eigenvalue weighted by molar-refractivity contribution is 8.19. The highest BCUT2D eigenvalue weighted by atomic mass is 35.5. The summed E-state index contributed by atoms with van der Waals surface area (Å²) in [5.41, 5.74) is 2.53. The van der Waals surface area contributed by atoms with E-state index in [0.29, 0.717) is 33.7 Å². The Kier molecular flexibility index (Phi) is 7.90. The van der Waals surface area contributed by atoms with Gasteiger partial charge in [0.1, 0.15) is 18.5 Å². The first-order valence-corrected chi connectivity index (χ1v) is 11.0. The van der Waals surface area contributed by atoms with Crippen molar-refractivity contribution in [1.29, 1.82) is 0 Å². The quantitative estimate of drug-likeness (QED) is 0.466. The monoisotopic (exact) mass is 458 g/mol. The normalized spacial score (nSPS) is 17.4. The third-order valence-electron chi connectivity index (χ3n) is 4.45. The van der Waals surface area contributed by atoms with E-state index in [-0.39, 0.29) is 12.5 Å². The average molecular weight is 459 g/mol. The molecule has 1 saturated heterocycles. The summed E-state index contributed by atoms with van der Waals surface area (Å²) < 4.78 is 5.35. The minimum atomic E-state index is -1.21. The zero-order valence-electron chi connectivity index (χ0n) is 17.2. The van der Waals surface area contributed by atoms with E-state index in [4.69, 9.17) is 16.3 Å². The van der Waals surface area contributed by atoms with Crippen LogP contribution in [0.3, 0.4) is 0 Å². The van der Waals surface area contributed by atoms with Gasteiger partial charge in [0, 0.05) is 6.54 Å². The second-order valence-electron chi connectivity index (χ2n) is 6.91. The number of aliphatic imine (C=N–C) groups is 1. The molecule has 1 fully saturated rings. The maximum atomic E-state index is 13.2. The number of para-hydroxylation sites is 1. The number of aliphatic hydroxyl groups excluding tert-OH is 1. The first-order chi connectivity index (χ1) is 14.9. The number of aryl methyl sites for hydroxylation is 1. The van der Waals surface area contributed by atoms with Crippen molar-refractivity contribution in [3.05, 3.63) is 63.5 Å². The molecule has 2 aromatic rings. The van der Waals surface area contributed by atoms with Crippen LogP contribution in [0, 0.1) is 6.92 Å². The Bertz CT molecular complexity index is 1040. The molecular formula is C23H23ClN2O4S. The van der Waals surface area contributed by atoms with Gasteiger partial charge >= 0.3 is 0 Å². The molecule has 3 rings (SSSR count). The molecule has 162 valence electrons. The molecule has 0 saturated carbocycles.